The van der Waals surface area contributed by atoms with Gasteiger partial charge in [0, 0.05) is 13.0 Å². The molecule has 2 heterocycles. The molecule has 0 aliphatic carbocycles. The van der Waals surface area contributed by atoms with Crippen molar-refractivity contribution in [2.45, 2.75) is 43.1 Å². The van der Waals surface area contributed by atoms with Crippen LogP contribution in [-0.4, -0.2) is 37.2 Å². The fourth-order valence-electron chi connectivity index (χ4n) is 3.95. The molecule has 0 aromatic heterocycles. The molecule has 0 saturated carbocycles. The van der Waals surface area contributed by atoms with E-state index in [0.717, 1.165) is 18.4 Å². The van der Waals surface area contributed by atoms with Crippen LogP contribution in [0.1, 0.15) is 42.1 Å². The number of fused-ring (bicyclic) bond motifs is 1. The van der Waals surface area contributed by atoms with E-state index >= 15 is 0 Å². The number of hydrogen-bond acceptors (Lipinski definition) is 4. The van der Waals surface area contributed by atoms with Gasteiger partial charge in [-0.3, -0.25) is 4.79 Å². The molecule has 0 N–H and O–H groups in total. The second kappa shape index (κ2) is 6.77. The van der Waals surface area contributed by atoms with Crippen LogP contribution in [0.2, 0.25) is 0 Å². The van der Waals surface area contributed by atoms with Crippen molar-refractivity contribution in [1.29, 1.82) is 0 Å². The topological polar surface area (TPSA) is 63.7 Å². The van der Waals surface area contributed by atoms with Gasteiger partial charge in [0.25, 0.3) is 0 Å². The molecular weight excluding hydrogens is 362 g/mol. The summed E-state index contributed by atoms with van der Waals surface area (Å²) in [7, 11) is -3.60. The first-order valence-corrected chi connectivity index (χ1v) is 10.8. The highest BCUT2D eigenvalue weighted by molar-refractivity contribution is 7.89. The molecule has 27 heavy (non-hydrogen) atoms. The predicted molar refractivity (Wildman–Crippen MR) is 103 cm³/mol. The summed E-state index contributed by atoms with van der Waals surface area (Å²) in [5, 5.41) is 0. The Bertz CT molecular complexity index is 968. The molecule has 0 amide bonds. The van der Waals surface area contributed by atoms with Gasteiger partial charge in [-0.2, -0.15) is 4.31 Å². The highest BCUT2D eigenvalue weighted by atomic mass is 32.2. The first-order valence-electron chi connectivity index (χ1n) is 9.34. The van der Waals surface area contributed by atoms with Gasteiger partial charge < -0.3 is 4.74 Å². The molecule has 6 heteroatoms. The minimum atomic E-state index is -3.60. The van der Waals surface area contributed by atoms with Crippen LogP contribution >= 0.6 is 0 Å². The first-order chi connectivity index (χ1) is 12.9. The maximum Gasteiger partial charge on any atom is 0.243 e. The Hall–Kier alpha value is -2.18. The third kappa shape index (κ3) is 3.28. The number of aryl methyl sites for hydroxylation is 1. The third-order valence-corrected chi connectivity index (χ3v) is 7.24. The Labute approximate surface area is 160 Å². The van der Waals surface area contributed by atoms with E-state index in [1.165, 1.54) is 4.31 Å². The van der Waals surface area contributed by atoms with Crippen LogP contribution < -0.4 is 4.74 Å². The molecule has 2 aromatic carbocycles. The molecule has 0 bridgehead atoms. The summed E-state index contributed by atoms with van der Waals surface area (Å²) in [6, 6.07) is 14.3. The van der Waals surface area contributed by atoms with E-state index in [2.05, 4.69) is 6.92 Å². The highest BCUT2D eigenvalue weighted by Crippen LogP contribution is 2.40. The maximum atomic E-state index is 13.0. The van der Waals surface area contributed by atoms with Crippen molar-refractivity contribution in [1.82, 2.24) is 4.31 Å². The Morgan fingerprint density at radius 2 is 1.85 bits per heavy atom. The lowest BCUT2D eigenvalue weighted by Crippen LogP contribution is -2.45. The van der Waals surface area contributed by atoms with Gasteiger partial charge >= 0.3 is 0 Å². The van der Waals surface area contributed by atoms with Crippen LogP contribution in [-0.2, 0) is 16.4 Å². The number of ether oxygens (including phenoxy) is 1. The van der Waals surface area contributed by atoms with Gasteiger partial charge in [-0.15, -0.1) is 0 Å². The Balaban J connectivity index is 1.56. The van der Waals surface area contributed by atoms with Crippen molar-refractivity contribution in [2.75, 3.05) is 13.1 Å². The molecule has 1 atom stereocenters. The fraction of sp³-hybridized carbons (Fsp3) is 0.381. The summed E-state index contributed by atoms with van der Waals surface area (Å²) >= 11 is 0. The Morgan fingerprint density at radius 1 is 1.11 bits per heavy atom. The zero-order valence-electron chi connectivity index (χ0n) is 15.3. The van der Waals surface area contributed by atoms with Crippen molar-refractivity contribution in [2.24, 2.45) is 0 Å². The SMILES string of the molecule is CCCc1ccc(S(=O)(=O)N2CCC3(CC(=O)c4ccccc4O3)C2)cc1. The number of ketones is 1. The van der Waals surface area contributed by atoms with Gasteiger partial charge in [0.1, 0.15) is 11.4 Å². The number of benzene rings is 2. The van der Waals surface area contributed by atoms with Crippen molar-refractivity contribution >= 4 is 15.8 Å². The van der Waals surface area contributed by atoms with Gasteiger partial charge in [0.2, 0.25) is 10.0 Å². The van der Waals surface area contributed by atoms with E-state index in [9.17, 15) is 13.2 Å². The largest absolute Gasteiger partial charge is 0.485 e. The Kier molecular flexibility index (Phi) is 4.56. The second-order valence-corrected chi connectivity index (χ2v) is 9.30. The van der Waals surface area contributed by atoms with Crippen LogP contribution in [0.5, 0.6) is 5.75 Å². The molecule has 0 radical (unpaired) electrons. The van der Waals surface area contributed by atoms with E-state index in [1.807, 2.05) is 24.3 Å². The van der Waals surface area contributed by atoms with E-state index in [1.54, 1.807) is 24.3 Å². The summed E-state index contributed by atoms with van der Waals surface area (Å²) in [6.07, 6.45) is 2.68. The summed E-state index contributed by atoms with van der Waals surface area (Å²) in [6.45, 7) is 2.65. The number of nitrogens with zero attached hydrogens (tertiary/aromatic N) is 1. The van der Waals surface area contributed by atoms with Crippen LogP contribution in [0.3, 0.4) is 0 Å². The molecule has 2 aliphatic heterocycles. The molecule has 5 nitrogen and oxygen atoms in total. The number of hydrogen-bond donors (Lipinski definition) is 0. The summed E-state index contributed by atoms with van der Waals surface area (Å²) in [5.74, 6) is 0.567. The number of sulfonamides is 1. The maximum absolute atomic E-state index is 13.0. The smallest absolute Gasteiger partial charge is 0.243 e. The molecule has 1 saturated heterocycles. The lowest BCUT2D eigenvalue weighted by molar-refractivity contribution is 0.0498. The van der Waals surface area contributed by atoms with Crippen molar-refractivity contribution in [3.05, 3.63) is 59.7 Å². The summed E-state index contributed by atoms with van der Waals surface area (Å²) in [5.41, 5.74) is 0.948. The minimum absolute atomic E-state index is 0.0139. The Morgan fingerprint density at radius 3 is 2.59 bits per heavy atom. The van der Waals surface area contributed by atoms with Crippen LogP contribution in [0.25, 0.3) is 0 Å². The number of carbonyl (C=O) groups excluding carboxylic acids is 1. The highest BCUT2D eigenvalue weighted by Gasteiger charge is 2.48. The molecule has 2 aromatic rings. The average Bonchev–Trinajstić information content (AvgIpc) is 3.06. The van der Waals surface area contributed by atoms with Crippen molar-refractivity contribution in [3.8, 4) is 5.75 Å². The van der Waals surface area contributed by atoms with Crippen molar-refractivity contribution in [3.63, 3.8) is 0 Å². The van der Waals surface area contributed by atoms with Gasteiger partial charge in [-0.05, 0) is 36.2 Å². The minimum Gasteiger partial charge on any atom is -0.485 e. The standard InChI is InChI=1S/C21H23NO4S/c1-2-5-16-8-10-17(11-9-16)27(24,25)22-13-12-21(15-22)14-19(23)18-6-3-4-7-20(18)26-21/h3-4,6-11H,2,5,12-15H2,1H3. The van der Waals surface area contributed by atoms with E-state index in [-0.39, 0.29) is 18.7 Å². The van der Waals surface area contributed by atoms with E-state index < -0.39 is 15.6 Å². The number of para-hydroxylation sites is 1. The number of rotatable bonds is 4. The fourth-order valence-corrected chi connectivity index (χ4v) is 5.46. The second-order valence-electron chi connectivity index (χ2n) is 7.36. The first kappa shape index (κ1) is 18.2. The summed E-state index contributed by atoms with van der Waals surface area (Å²) < 4.78 is 33.7. The molecule has 4 rings (SSSR count). The molecule has 1 unspecified atom stereocenters. The summed E-state index contributed by atoms with van der Waals surface area (Å²) in [4.78, 5) is 12.8. The lowest BCUT2D eigenvalue weighted by Gasteiger charge is -2.34. The van der Waals surface area contributed by atoms with Gasteiger partial charge in [0.05, 0.1) is 23.4 Å². The van der Waals surface area contributed by atoms with E-state index in [0.29, 0.717) is 29.2 Å². The normalized spacial score (nSPS) is 22.6. The molecule has 2 aliphatic rings. The van der Waals surface area contributed by atoms with E-state index in [4.69, 9.17) is 4.74 Å². The zero-order valence-corrected chi connectivity index (χ0v) is 16.2. The van der Waals surface area contributed by atoms with Crippen LogP contribution in [0, 0.1) is 0 Å². The van der Waals surface area contributed by atoms with Gasteiger partial charge in [-0.25, -0.2) is 8.42 Å². The average molecular weight is 385 g/mol. The quantitative estimate of drug-likeness (QED) is 0.809. The lowest BCUT2D eigenvalue weighted by atomic mass is 9.89. The zero-order chi connectivity index (χ0) is 19.1. The predicted octanol–water partition coefficient (Wildman–Crippen LogP) is 3.44. The molecule has 142 valence electrons. The van der Waals surface area contributed by atoms with Crippen LogP contribution in [0.15, 0.2) is 53.4 Å². The number of Topliss-reactive ketones (excluding diaryl/α,β-unsaturated/α-hetero) is 1. The third-order valence-electron chi connectivity index (χ3n) is 5.38. The molecule has 1 spiro atoms. The van der Waals surface area contributed by atoms with Gasteiger partial charge in [0.15, 0.2) is 5.78 Å². The van der Waals surface area contributed by atoms with Crippen molar-refractivity contribution < 1.29 is 17.9 Å². The molecule has 1 fully saturated rings. The monoisotopic (exact) mass is 385 g/mol. The van der Waals surface area contributed by atoms with Gasteiger partial charge in [-0.1, -0.05) is 37.6 Å². The number of carbonyl (C=O) groups is 1. The van der Waals surface area contributed by atoms with Crippen LogP contribution in [0.4, 0.5) is 0 Å². The molecular formula is C21H23NO4S.